The van der Waals surface area contributed by atoms with E-state index in [0.29, 0.717) is 11.3 Å². The number of carbonyl (C=O) groups is 1. The lowest BCUT2D eigenvalue weighted by molar-refractivity contribution is 0.185. The predicted molar refractivity (Wildman–Crippen MR) is 131 cm³/mol. The van der Waals surface area contributed by atoms with Crippen LogP contribution in [0.5, 0.6) is 0 Å². The van der Waals surface area contributed by atoms with Gasteiger partial charge in [0.15, 0.2) is 5.82 Å². The number of carboxylic acid groups (broad SMARTS) is 1. The van der Waals surface area contributed by atoms with E-state index in [9.17, 15) is 13.2 Å². The molecule has 188 valence electrons. The summed E-state index contributed by atoms with van der Waals surface area (Å²) in [6.45, 7) is 6.96. The van der Waals surface area contributed by atoms with Gasteiger partial charge in [-0.3, -0.25) is 14.7 Å². The zero-order valence-corrected chi connectivity index (χ0v) is 21.2. The number of sulfonamides is 1. The molecule has 2 aromatic heterocycles. The van der Waals surface area contributed by atoms with Crippen molar-refractivity contribution in [2.75, 3.05) is 16.3 Å². The second-order valence-electron chi connectivity index (χ2n) is 8.60. The lowest BCUT2D eigenvalue weighted by atomic mass is 10.0. The van der Waals surface area contributed by atoms with Crippen molar-refractivity contribution in [3.05, 3.63) is 41.4 Å². The molecule has 0 bridgehead atoms. The van der Waals surface area contributed by atoms with Gasteiger partial charge in [0.05, 0.1) is 17.6 Å². The summed E-state index contributed by atoms with van der Waals surface area (Å²) < 4.78 is 42.6. The van der Waals surface area contributed by atoms with Crippen molar-refractivity contribution >= 4 is 39.4 Å². The Balaban J connectivity index is 2.15. The predicted octanol–water partition coefficient (Wildman–Crippen LogP) is 4.17. The van der Waals surface area contributed by atoms with Crippen LogP contribution in [0, 0.1) is 5.82 Å². The van der Waals surface area contributed by atoms with E-state index in [1.807, 2.05) is 13.8 Å². The Morgan fingerprint density at radius 1 is 1.26 bits per heavy atom. The molecule has 0 atom stereocenters. The maximum atomic E-state index is 15.5. The molecule has 0 aliphatic heterocycles. The van der Waals surface area contributed by atoms with Crippen LogP contribution in [0.2, 0.25) is 5.02 Å². The summed E-state index contributed by atoms with van der Waals surface area (Å²) in [5, 5.41) is 18.8. The lowest BCUT2D eigenvalue weighted by Gasteiger charge is -2.25. The summed E-state index contributed by atoms with van der Waals surface area (Å²) in [6.07, 6.45) is 2.82. The minimum Gasteiger partial charge on any atom is -0.465 e. The third kappa shape index (κ3) is 6.57. The SMILES string of the molecule is CC(C)n1cc(-c2ccnc(NC(C)(C)NC(=O)O)n2)c(-c2cc(Cl)cc(NS(C)(=O)=O)c2F)n1. The molecule has 0 saturated heterocycles. The standard InChI is InChI=1S/C21H25ClFN7O4S/c1-11(2)30-10-14(15-6-7-24-19(25-15)26-21(3,4)27-20(31)32)18(28-30)13-8-12(22)9-16(17(13)23)29-35(5,33)34/h6-11,27,29H,1-5H3,(H,31,32)(H,24,25,26). The third-order valence-electron chi connectivity index (χ3n) is 4.62. The fraction of sp³-hybridized carbons (Fsp3) is 0.333. The summed E-state index contributed by atoms with van der Waals surface area (Å²) in [5.41, 5.74) is -0.443. The van der Waals surface area contributed by atoms with Crippen molar-refractivity contribution in [2.45, 2.75) is 39.4 Å². The molecule has 0 fully saturated rings. The van der Waals surface area contributed by atoms with Crippen molar-refractivity contribution in [1.29, 1.82) is 0 Å². The Bertz CT molecular complexity index is 1380. The lowest BCUT2D eigenvalue weighted by Crippen LogP contribution is -2.49. The Labute approximate surface area is 206 Å². The van der Waals surface area contributed by atoms with Crippen LogP contribution in [0.3, 0.4) is 0 Å². The molecule has 3 aromatic rings. The molecule has 1 aromatic carbocycles. The molecule has 0 saturated carbocycles. The van der Waals surface area contributed by atoms with Gasteiger partial charge < -0.3 is 10.4 Å². The Morgan fingerprint density at radius 2 is 1.94 bits per heavy atom. The molecule has 35 heavy (non-hydrogen) atoms. The minimum atomic E-state index is -3.77. The normalized spacial score (nSPS) is 12.0. The molecule has 0 unspecified atom stereocenters. The summed E-state index contributed by atoms with van der Waals surface area (Å²) in [6, 6.07) is 4.02. The van der Waals surface area contributed by atoms with Gasteiger partial charge in [0.25, 0.3) is 0 Å². The van der Waals surface area contributed by atoms with Crippen LogP contribution in [0.4, 0.5) is 20.8 Å². The molecule has 0 radical (unpaired) electrons. The molecule has 4 N–H and O–H groups in total. The number of hydrogen-bond acceptors (Lipinski definition) is 7. The number of rotatable bonds is 8. The summed E-state index contributed by atoms with van der Waals surface area (Å²) in [7, 11) is -3.77. The Kier molecular flexibility index (Phi) is 7.22. The summed E-state index contributed by atoms with van der Waals surface area (Å²) in [4.78, 5) is 19.6. The van der Waals surface area contributed by atoms with E-state index in [1.165, 1.54) is 18.3 Å². The second-order valence-corrected chi connectivity index (χ2v) is 10.8. The monoisotopic (exact) mass is 525 g/mol. The molecule has 14 heteroatoms. The first kappa shape index (κ1) is 26.2. The van der Waals surface area contributed by atoms with Crippen LogP contribution in [0.1, 0.15) is 33.7 Å². The number of nitrogens with zero attached hydrogens (tertiary/aromatic N) is 4. The molecular formula is C21H25ClFN7O4S. The van der Waals surface area contributed by atoms with Crippen molar-refractivity contribution < 1.29 is 22.7 Å². The minimum absolute atomic E-state index is 0.0287. The van der Waals surface area contributed by atoms with Gasteiger partial charge in [-0.2, -0.15) is 5.10 Å². The van der Waals surface area contributed by atoms with Crippen LogP contribution in [0.25, 0.3) is 22.5 Å². The first-order valence-electron chi connectivity index (χ1n) is 10.3. The van der Waals surface area contributed by atoms with Gasteiger partial charge in [-0.1, -0.05) is 11.6 Å². The van der Waals surface area contributed by atoms with Crippen molar-refractivity contribution in [3.63, 3.8) is 0 Å². The topological polar surface area (TPSA) is 151 Å². The summed E-state index contributed by atoms with van der Waals surface area (Å²) in [5.74, 6) is -0.732. The van der Waals surface area contributed by atoms with E-state index < -0.39 is 27.6 Å². The molecule has 0 aliphatic rings. The number of hydrogen-bond donors (Lipinski definition) is 4. The highest BCUT2D eigenvalue weighted by Crippen LogP contribution is 2.37. The van der Waals surface area contributed by atoms with E-state index in [-0.39, 0.29) is 34.0 Å². The fourth-order valence-electron chi connectivity index (χ4n) is 3.23. The number of halogens is 2. The average molecular weight is 526 g/mol. The molecule has 1 amide bonds. The van der Waals surface area contributed by atoms with Crippen LogP contribution < -0.4 is 15.4 Å². The van der Waals surface area contributed by atoms with Crippen molar-refractivity contribution in [2.24, 2.45) is 0 Å². The van der Waals surface area contributed by atoms with Crippen LogP contribution in [-0.4, -0.2) is 51.3 Å². The van der Waals surface area contributed by atoms with Gasteiger partial charge in [-0.25, -0.2) is 27.6 Å². The first-order valence-corrected chi connectivity index (χ1v) is 12.6. The first-order chi connectivity index (χ1) is 16.1. The molecule has 0 aliphatic carbocycles. The second kappa shape index (κ2) is 9.66. The van der Waals surface area contributed by atoms with Crippen LogP contribution >= 0.6 is 11.6 Å². The van der Waals surface area contributed by atoms with Gasteiger partial charge in [-0.15, -0.1) is 0 Å². The number of nitrogens with one attached hydrogen (secondary N) is 3. The smallest absolute Gasteiger partial charge is 0.406 e. The van der Waals surface area contributed by atoms with Gasteiger partial charge in [0.2, 0.25) is 16.0 Å². The average Bonchev–Trinajstić information content (AvgIpc) is 3.13. The van der Waals surface area contributed by atoms with E-state index in [4.69, 9.17) is 16.7 Å². The van der Waals surface area contributed by atoms with Gasteiger partial charge in [0.1, 0.15) is 11.4 Å². The molecule has 0 spiro atoms. The molecular weight excluding hydrogens is 501 g/mol. The largest absolute Gasteiger partial charge is 0.465 e. The van der Waals surface area contributed by atoms with E-state index >= 15 is 4.39 Å². The highest BCUT2D eigenvalue weighted by molar-refractivity contribution is 7.92. The molecule has 3 rings (SSSR count). The zero-order valence-electron chi connectivity index (χ0n) is 19.6. The van der Waals surface area contributed by atoms with Gasteiger partial charge >= 0.3 is 6.09 Å². The van der Waals surface area contributed by atoms with E-state index in [1.54, 1.807) is 30.8 Å². The molecule has 11 nitrogen and oxygen atoms in total. The summed E-state index contributed by atoms with van der Waals surface area (Å²) >= 11 is 6.18. The Hall–Kier alpha value is -3.45. The Morgan fingerprint density at radius 3 is 2.54 bits per heavy atom. The maximum Gasteiger partial charge on any atom is 0.406 e. The van der Waals surface area contributed by atoms with E-state index in [2.05, 4.69) is 30.4 Å². The van der Waals surface area contributed by atoms with Gasteiger partial charge in [-0.05, 0) is 45.9 Å². The van der Waals surface area contributed by atoms with Crippen molar-refractivity contribution in [3.8, 4) is 22.5 Å². The molecule has 2 heterocycles. The van der Waals surface area contributed by atoms with E-state index in [0.717, 1.165) is 6.26 Å². The third-order valence-corrected chi connectivity index (χ3v) is 5.43. The van der Waals surface area contributed by atoms with Crippen LogP contribution in [-0.2, 0) is 10.0 Å². The van der Waals surface area contributed by atoms with Crippen LogP contribution in [0.15, 0.2) is 30.6 Å². The zero-order chi connectivity index (χ0) is 26.1. The number of aromatic nitrogens is 4. The highest BCUT2D eigenvalue weighted by atomic mass is 35.5. The quantitative estimate of drug-likeness (QED) is 0.320. The number of benzene rings is 1. The number of anilines is 2. The maximum absolute atomic E-state index is 15.5. The highest BCUT2D eigenvalue weighted by Gasteiger charge is 2.24. The number of amides is 1. The van der Waals surface area contributed by atoms with Crippen molar-refractivity contribution in [1.82, 2.24) is 25.1 Å². The van der Waals surface area contributed by atoms with Gasteiger partial charge in [0, 0.05) is 34.6 Å². The fourth-order valence-corrected chi connectivity index (χ4v) is 3.99.